The van der Waals surface area contributed by atoms with Gasteiger partial charge in [-0.15, -0.1) is 10.2 Å². The van der Waals surface area contributed by atoms with Gasteiger partial charge >= 0.3 is 0 Å². The first-order valence-electron chi connectivity index (χ1n) is 8.05. The number of carbonyl (C=O) groups is 2. The quantitative estimate of drug-likeness (QED) is 0.642. The molecule has 136 valence electrons. The highest BCUT2D eigenvalue weighted by Gasteiger charge is 2.11. The number of nitrogens with zero attached hydrogens (tertiary/aromatic N) is 2. The third kappa shape index (κ3) is 4.85. The molecule has 0 saturated heterocycles. The van der Waals surface area contributed by atoms with Crippen LogP contribution in [0.15, 0.2) is 60.7 Å². The Morgan fingerprint density at radius 2 is 1.67 bits per heavy atom. The van der Waals surface area contributed by atoms with Crippen LogP contribution >= 0.6 is 0 Å². The lowest BCUT2D eigenvalue weighted by atomic mass is 10.2. The first-order valence-corrected chi connectivity index (χ1v) is 8.05. The van der Waals surface area contributed by atoms with E-state index >= 15 is 0 Å². The summed E-state index contributed by atoms with van der Waals surface area (Å²) in [7, 11) is 0. The predicted octanol–water partition coefficient (Wildman–Crippen LogP) is 3.57. The predicted molar refractivity (Wildman–Crippen MR) is 100 cm³/mol. The molecule has 3 N–H and O–H groups in total. The number of rotatable bonds is 5. The largest absolute Gasteiger partial charge is 0.339 e. The van der Waals surface area contributed by atoms with Crippen molar-refractivity contribution in [3.8, 4) is 0 Å². The van der Waals surface area contributed by atoms with Crippen LogP contribution in [0.25, 0.3) is 0 Å². The van der Waals surface area contributed by atoms with Crippen LogP contribution in [0.2, 0.25) is 0 Å². The molecule has 3 aromatic rings. The minimum Gasteiger partial charge on any atom is -0.339 e. The van der Waals surface area contributed by atoms with Crippen molar-refractivity contribution in [3.05, 3.63) is 72.2 Å². The Morgan fingerprint density at radius 1 is 0.889 bits per heavy atom. The van der Waals surface area contributed by atoms with E-state index in [1.54, 1.807) is 36.4 Å². The molecular formula is C19H16FN5O2. The molecule has 0 bridgehead atoms. The first-order chi connectivity index (χ1) is 13.0. The summed E-state index contributed by atoms with van der Waals surface area (Å²) in [5.41, 5.74) is 1.46. The van der Waals surface area contributed by atoms with E-state index in [0.29, 0.717) is 17.2 Å². The number of benzene rings is 2. The van der Waals surface area contributed by atoms with Crippen LogP contribution in [0.1, 0.15) is 17.4 Å². The second-order valence-electron chi connectivity index (χ2n) is 5.62. The van der Waals surface area contributed by atoms with Gasteiger partial charge in [-0.25, -0.2) is 4.39 Å². The minimum atomic E-state index is -0.563. The molecule has 1 heterocycles. The minimum absolute atomic E-state index is 0.0517. The third-order valence-electron chi connectivity index (χ3n) is 3.47. The van der Waals surface area contributed by atoms with Crippen LogP contribution in [-0.4, -0.2) is 22.0 Å². The standard InChI is InChI=1S/C19H16FN5O2/c1-12(26)21-13-5-4-6-14(11-13)22-18-10-9-17(24-25-18)19(27)23-16-8-3-2-7-15(16)20/h2-11H,1H3,(H,21,26)(H,22,25)(H,23,27). The molecule has 3 rings (SSSR count). The van der Waals surface area contributed by atoms with Gasteiger partial charge in [-0.2, -0.15) is 0 Å². The molecule has 8 heteroatoms. The number of anilines is 4. The Morgan fingerprint density at radius 3 is 2.37 bits per heavy atom. The summed E-state index contributed by atoms with van der Waals surface area (Å²) in [6.07, 6.45) is 0. The zero-order valence-corrected chi connectivity index (χ0v) is 14.4. The van der Waals surface area contributed by atoms with Gasteiger partial charge in [-0.1, -0.05) is 18.2 Å². The molecule has 2 aromatic carbocycles. The number of hydrogen-bond acceptors (Lipinski definition) is 5. The molecule has 27 heavy (non-hydrogen) atoms. The normalized spacial score (nSPS) is 10.1. The van der Waals surface area contributed by atoms with E-state index in [2.05, 4.69) is 26.1 Å². The number of amides is 2. The van der Waals surface area contributed by atoms with Gasteiger partial charge in [0.05, 0.1) is 5.69 Å². The van der Waals surface area contributed by atoms with E-state index < -0.39 is 11.7 Å². The average molecular weight is 365 g/mol. The van der Waals surface area contributed by atoms with Gasteiger partial charge in [0.2, 0.25) is 5.91 Å². The average Bonchev–Trinajstić information content (AvgIpc) is 2.64. The fourth-order valence-corrected chi connectivity index (χ4v) is 2.29. The van der Waals surface area contributed by atoms with Gasteiger partial charge in [0.25, 0.3) is 5.91 Å². The summed E-state index contributed by atoms with van der Waals surface area (Å²) >= 11 is 0. The molecule has 0 fully saturated rings. The zero-order valence-electron chi connectivity index (χ0n) is 14.4. The lowest BCUT2D eigenvalue weighted by molar-refractivity contribution is -0.114. The van der Waals surface area contributed by atoms with Gasteiger partial charge in [0, 0.05) is 18.3 Å². The van der Waals surface area contributed by atoms with Crippen LogP contribution in [-0.2, 0) is 4.79 Å². The second kappa shape index (κ2) is 8.05. The van der Waals surface area contributed by atoms with Crippen molar-refractivity contribution in [1.82, 2.24) is 10.2 Å². The van der Waals surface area contributed by atoms with Crippen LogP contribution in [0.5, 0.6) is 0 Å². The monoisotopic (exact) mass is 365 g/mol. The molecular weight excluding hydrogens is 349 g/mol. The Kier molecular flexibility index (Phi) is 5.36. The summed E-state index contributed by atoms with van der Waals surface area (Å²) in [5.74, 6) is -0.850. The van der Waals surface area contributed by atoms with E-state index in [9.17, 15) is 14.0 Å². The molecule has 0 aliphatic rings. The van der Waals surface area contributed by atoms with Gasteiger partial charge in [0.15, 0.2) is 11.5 Å². The van der Waals surface area contributed by atoms with Crippen LogP contribution < -0.4 is 16.0 Å². The summed E-state index contributed by atoms with van der Waals surface area (Å²) in [5, 5.41) is 16.0. The number of aromatic nitrogens is 2. The summed E-state index contributed by atoms with van der Waals surface area (Å²) in [4.78, 5) is 23.3. The molecule has 0 saturated carbocycles. The highest BCUT2D eigenvalue weighted by atomic mass is 19.1. The SMILES string of the molecule is CC(=O)Nc1cccc(Nc2ccc(C(=O)Nc3ccccc3F)nn2)c1. The van der Waals surface area contributed by atoms with Crippen molar-refractivity contribution in [1.29, 1.82) is 0 Å². The fraction of sp³-hybridized carbons (Fsp3) is 0.0526. The van der Waals surface area contributed by atoms with Crippen molar-refractivity contribution in [2.45, 2.75) is 6.92 Å². The molecule has 0 aliphatic heterocycles. The van der Waals surface area contributed by atoms with E-state index in [0.717, 1.165) is 0 Å². The molecule has 0 spiro atoms. The highest BCUT2D eigenvalue weighted by molar-refractivity contribution is 6.02. The van der Waals surface area contributed by atoms with Crippen molar-refractivity contribution < 1.29 is 14.0 Å². The fourth-order valence-electron chi connectivity index (χ4n) is 2.29. The molecule has 2 amide bonds. The van der Waals surface area contributed by atoms with Crippen LogP contribution in [0.3, 0.4) is 0 Å². The van der Waals surface area contributed by atoms with E-state index in [4.69, 9.17) is 0 Å². The maximum atomic E-state index is 13.6. The number of para-hydroxylation sites is 1. The van der Waals surface area contributed by atoms with Gasteiger partial charge in [-0.3, -0.25) is 9.59 Å². The Bertz CT molecular complexity index is 976. The number of nitrogens with one attached hydrogen (secondary N) is 3. The van der Waals surface area contributed by atoms with E-state index in [-0.39, 0.29) is 17.3 Å². The van der Waals surface area contributed by atoms with Crippen molar-refractivity contribution in [3.63, 3.8) is 0 Å². The van der Waals surface area contributed by atoms with Gasteiger partial charge in [-0.05, 0) is 42.5 Å². The van der Waals surface area contributed by atoms with Gasteiger partial charge in [0.1, 0.15) is 5.82 Å². The summed E-state index contributed by atoms with van der Waals surface area (Å²) < 4.78 is 13.6. The molecule has 1 aromatic heterocycles. The maximum absolute atomic E-state index is 13.6. The molecule has 0 aliphatic carbocycles. The lowest BCUT2D eigenvalue weighted by Gasteiger charge is -2.08. The van der Waals surface area contributed by atoms with Crippen LogP contribution in [0, 0.1) is 5.82 Å². The van der Waals surface area contributed by atoms with E-state index in [1.807, 2.05) is 0 Å². The Hall–Kier alpha value is -3.81. The highest BCUT2D eigenvalue weighted by Crippen LogP contribution is 2.19. The van der Waals surface area contributed by atoms with Gasteiger partial charge < -0.3 is 16.0 Å². The molecule has 0 radical (unpaired) electrons. The smallest absolute Gasteiger partial charge is 0.276 e. The third-order valence-corrected chi connectivity index (χ3v) is 3.47. The van der Waals surface area contributed by atoms with Crippen molar-refractivity contribution in [2.75, 3.05) is 16.0 Å². The first kappa shape index (κ1) is 18.0. The molecule has 7 nitrogen and oxygen atoms in total. The van der Waals surface area contributed by atoms with E-state index in [1.165, 1.54) is 31.2 Å². The topological polar surface area (TPSA) is 96.0 Å². The zero-order chi connectivity index (χ0) is 19.2. The van der Waals surface area contributed by atoms with Crippen molar-refractivity contribution in [2.24, 2.45) is 0 Å². The summed E-state index contributed by atoms with van der Waals surface area (Å²) in [6.45, 7) is 1.43. The number of halogens is 1. The second-order valence-corrected chi connectivity index (χ2v) is 5.62. The molecule has 0 atom stereocenters. The summed E-state index contributed by atoms with van der Waals surface area (Å²) in [6, 6.07) is 16.0. The maximum Gasteiger partial charge on any atom is 0.276 e. The lowest BCUT2D eigenvalue weighted by Crippen LogP contribution is -2.15. The molecule has 0 unspecified atom stereocenters. The Balaban J connectivity index is 1.67. The number of hydrogen-bond donors (Lipinski definition) is 3. The Labute approximate surface area is 154 Å². The number of carbonyl (C=O) groups excluding carboxylic acids is 2. The van der Waals surface area contributed by atoms with Crippen molar-refractivity contribution >= 4 is 34.7 Å². The van der Waals surface area contributed by atoms with Crippen LogP contribution in [0.4, 0.5) is 27.3 Å².